The molecule has 1 fully saturated rings. The summed E-state index contributed by atoms with van der Waals surface area (Å²) < 4.78 is 19.7. The predicted octanol–water partition coefficient (Wildman–Crippen LogP) is 4.64. The highest BCUT2D eigenvalue weighted by Gasteiger charge is 2.43. The maximum atomic E-state index is 14.2. The molecule has 3 aromatic rings. The molecule has 0 bridgehead atoms. The van der Waals surface area contributed by atoms with Crippen LogP contribution in [0.1, 0.15) is 33.8 Å². The SMILES string of the molecule is O=C(Nc1ccc(F)c(C(=O)NCC2CC2C(=O)O)c1)OCC1c2ccccc2-c2ccccc21. The Morgan fingerprint density at radius 3 is 2.26 bits per heavy atom. The molecule has 2 aliphatic carbocycles. The van der Waals surface area contributed by atoms with Crippen LogP contribution < -0.4 is 10.6 Å². The Labute approximate surface area is 200 Å². The zero-order valence-corrected chi connectivity index (χ0v) is 18.7. The summed E-state index contributed by atoms with van der Waals surface area (Å²) in [5.41, 5.74) is 4.38. The Kier molecular flexibility index (Phi) is 5.94. The van der Waals surface area contributed by atoms with E-state index in [9.17, 15) is 18.8 Å². The summed E-state index contributed by atoms with van der Waals surface area (Å²) in [6, 6.07) is 19.6. The molecule has 2 unspecified atom stereocenters. The van der Waals surface area contributed by atoms with Crippen molar-refractivity contribution in [2.45, 2.75) is 12.3 Å². The number of carboxylic acids is 1. The van der Waals surface area contributed by atoms with Crippen molar-refractivity contribution in [3.63, 3.8) is 0 Å². The number of carbonyl (C=O) groups excluding carboxylic acids is 2. The topological polar surface area (TPSA) is 105 Å². The van der Waals surface area contributed by atoms with E-state index >= 15 is 0 Å². The lowest BCUT2D eigenvalue weighted by molar-refractivity contribution is -0.138. The van der Waals surface area contributed by atoms with Gasteiger partial charge in [0, 0.05) is 18.2 Å². The van der Waals surface area contributed by atoms with Crippen molar-refractivity contribution < 1.29 is 28.6 Å². The first kappa shape index (κ1) is 22.6. The molecule has 5 rings (SSSR count). The largest absolute Gasteiger partial charge is 0.481 e. The highest BCUT2D eigenvalue weighted by Crippen LogP contribution is 2.44. The molecule has 2 aliphatic rings. The Bertz CT molecular complexity index is 1280. The van der Waals surface area contributed by atoms with Crippen LogP contribution in [0.2, 0.25) is 0 Å². The fourth-order valence-corrected chi connectivity index (χ4v) is 4.62. The van der Waals surface area contributed by atoms with E-state index in [2.05, 4.69) is 10.6 Å². The number of halogens is 1. The standard InChI is InChI=1S/C27H23FN2O5/c28-24-10-9-16(12-22(24)25(31)29-13-15-11-21(15)26(32)33)30-27(34)35-14-23-19-7-3-1-5-17(19)18-6-2-4-8-20(18)23/h1-10,12,15,21,23H,11,13-14H2,(H,29,31)(H,30,34)(H,32,33). The summed E-state index contributed by atoms with van der Waals surface area (Å²) in [5, 5.41) is 14.1. The maximum Gasteiger partial charge on any atom is 0.411 e. The van der Waals surface area contributed by atoms with E-state index in [4.69, 9.17) is 9.84 Å². The molecule has 178 valence electrons. The number of rotatable bonds is 7. The van der Waals surface area contributed by atoms with Crippen LogP contribution in [0.4, 0.5) is 14.9 Å². The molecule has 0 spiro atoms. The molecule has 2 atom stereocenters. The Morgan fingerprint density at radius 1 is 0.971 bits per heavy atom. The van der Waals surface area contributed by atoms with Crippen molar-refractivity contribution >= 4 is 23.7 Å². The van der Waals surface area contributed by atoms with Gasteiger partial charge in [0.2, 0.25) is 0 Å². The van der Waals surface area contributed by atoms with Gasteiger partial charge < -0.3 is 15.2 Å². The fourth-order valence-electron chi connectivity index (χ4n) is 4.62. The molecule has 8 heteroatoms. The third kappa shape index (κ3) is 4.59. The van der Waals surface area contributed by atoms with Crippen molar-refractivity contribution in [1.29, 1.82) is 0 Å². The summed E-state index contributed by atoms with van der Waals surface area (Å²) in [6.45, 7) is 0.278. The number of benzene rings is 3. The van der Waals surface area contributed by atoms with Gasteiger partial charge in [-0.15, -0.1) is 0 Å². The van der Waals surface area contributed by atoms with Crippen molar-refractivity contribution in [2.75, 3.05) is 18.5 Å². The molecule has 0 heterocycles. The minimum absolute atomic E-state index is 0.0974. The van der Waals surface area contributed by atoms with Crippen molar-refractivity contribution in [2.24, 2.45) is 11.8 Å². The van der Waals surface area contributed by atoms with Gasteiger partial charge in [0.25, 0.3) is 5.91 Å². The number of hydrogen-bond donors (Lipinski definition) is 3. The van der Waals surface area contributed by atoms with Gasteiger partial charge in [0.15, 0.2) is 0 Å². The molecule has 2 amide bonds. The number of amides is 2. The Morgan fingerprint density at radius 2 is 1.63 bits per heavy atom. The lowest BCUT2D eigenvalue weighted by Gasteiger charge is -2.15. The summed E-state index contributed by atoms with van der Waals surface area (Å²) in [6.07, 6.45) is -0.228. The average molecular weight is 474 g/mol. The highest BCUT2D eigenvalue weighted by molar-refractivity contribution is 5.96. The van der Waals surface area contributed by atoms with E-state index in [1.54, 1.807) is 0 Å². The highest BCUT2D eigenvalue weighted by atomic mass is 19.1. The van der Waals surface area contributed by atoms with Crippen LogP contribution in [0.25, 0.3) is 11.1 Å². The molecule has 1 saturated carbocycles. The van der Waals surface area contributed by atoms with Gasteiger partial charge in [-0.2, -0.15) is 0 Å². The fraction of sp³-hybridized carbons (Fsp3) is 0.222. The van der Waals surface area contributed by atoms with Gasteiger partial charge in [-0.25, -0.2) is 9.18 Å². The average Bonchev–Trinajstić information content (AvgIpc) is 3.58. The summed E-state index contributed by atoms with van der Waals surface area (Å²) in [7, 11) is 0. The van der Waals surface area contributed by atoms with Crippen LogP contribution in [0.5, 0.6) is 0 Å². The molecule has 35 heavy (non-hydrogen) atoms. The molecule has 0 radical (unpaired) electrons. The number of carboxylic acid groups (broad SMARTS) is 1. The normalized spacial score (nSPS) is 17.7. The van der Waals surface area contributed by atoms with E-state index in [0.717, 1.165) is 28.3 Å². The second-order valence-corrected chi connectivity index (χ2v) is 8.80. The number of aliphatic carboxylic acids is 1. The van der Waals surface area contributed by atoms with Gasteiger partial charge in [0.1, 0.15) is 12.4 Å². The number of hydrogen-bond acceptors (Lipinski definition) is 4. The second-order valence-electron chi connectivity index (χ2n) is 8.80. The van der Waals surface area contributed by atoms with Crippen LogP contribution in [0.3, 0.4) is 0 Å². The minimum atomic E-state index is -0.898. The van der Waals surface area contributed by atoms with E-state index in [1.807, 2.05) is 48.5 Å². The number of ether oxygens (including phenoxy) is 1. The summed E-state index contributed by atoms with van der Waals surface area (Å²) in [5.74, 6) is -3.03. The van der Waals surface area contributed by atoms with Crippen LogP contribution in [-0.2, 0) is 9.53 Å². The lowest BCUT2D eigenvalue weighted by atomic mass is 9.98. The zero-order valence-electron chi connectivity index (χ0n) is 18.7. The first-order valence-electron chi connectivity index (χ1n) is 11.3. The Balaban J connectivity index is 1.21. The first-order chi connectivity index (χ1) is 16.9. The smallest absolute Gasteiger partial charge is 0.411 e. The molecule has 0 saturated heterocycles. The Hall–Kier alpha value is -4.20. The monoisotopic (exact) mass is 474 g/mol. The van der Waals surface area contributed by atoms with E-state index in [0.29, 0.717) is 6.42 Å². The number of anilines is 1. The van der Waals surface area contributed by atoms with Gasteiger partial charge in [0.05, 0.1) is 11.5 Å². The maximum absolute atomic E-state index is 14.2. The molecule has 0 aliphatic heterocycles. The van der Waals surface area contributed by atoms with Gasteiger partial charge in [-0.1, -0.05) is 48.5 Å². The third-order valence-corrected chi connectivity index (χ3v) is 6.57. The van der Waals surface area contributed by atoms with Crippen LogP contribution in [0.15, 0.2) is 66.7 Å². The van der Waals surface area contributed by atoms with E-state index in [-0.39, 0.29) is 36.2 Å². The molecule has 0 aromatic heterocycles. The number of nitrogens with one attached hydrogen (secondary N) is 2. The molecular weight excluding hydrogens is 451 g/mol. The van der Waals surface area contributed by atoms with Crippen LogP contribution in [0, 0.1) is 17.7 Å². The quantitative estimate of drug-likeness (QED) is 0.463. The van der Waals surface area contributed by atoms with Crippen molar-refractivity contribution in [1.82, 2.24) is 5.32 Å². The minimum Gasteiger partial charge on any atom is -0.481 e. The second kappa shape index (κ2) is 9.21. The van der Waals surface area contributed by atoms with Crippen LogP contribution >= 0.6 is 0 Å². The van der Waals surface area contributed by atoms with E-state index in [1.165, 1.54) is 12.1 Å². The number of carbonyl (C=O) groups is 3. The van der Waals surface area contributed by atoms with Gasteiger partial charge >= 0.3 is 12.1 Å². The van der Waals surface area contributed by atoms with Gasteiger partial charge in [-0.05, 0) is 52.8 Å². The molecular formula is C27H23FN2O5. The zero-order chi connectivity index (χ0) is 24.5. The van der Waals surface area contributed by atoms with E-state index < -0.39 is 29.7 Å². The molecule has 3 aromatic carbocycles. The van der Waals surface area contributed by atoms with Crippen LogP contribution in [-0.4, -0.2) is 36.2 Å². The number of fused-ring (bicyclic) bond motifs is 3. The van der Waals surface area contributed by atoms with Crippen molar-refractivity contribution in [3.8, 4) is 11.1 Å². The predicted molar refractivity (Wildman–Crippen MR) is 127 cm³/mol. The molecule has 7 nitrogen and oxygen atoms in total. The summed E-state index contributed by atoms with van der Waals surface area (Å²) >= 11 is 0. The third-order valence-electron chi connectivity index (χ3n) is 6.57. The van der Waals surface area contributed by atoms with Gasteiger partial charge in [-0.3, -0.25) is 14.9 Å². The first-order valence-corrected chi connectivity index (χ1v) is 11.3. The summed E-state index contributed by atoms with van der Waals surface area (Å²) in [4.78, 5) is 35.8. The van der Waals surface area contributed by atoms with Crippen molar-refractivity contribution in [3.05, 3.63) is 89.2 Å². The molecule has 3 N–H and O–H groups in total. The lowest BCUT2D eigenvalue weighted by Crippen LogP contribution is -2.27.